The van der Waals surface area contributed by atoms with E-state index in [4.69, 9.17) is 0 Å². The number of carbonyl (C=O) groups is 1. The van der Waals surface area contributed by atoms with Crippen molar-refractivity contribution in [2.45, 2.75) is 24.9 Å². The van der Waals surface area contributed by atoms with Crippen molar-refractivity contribution in [3.05, 3.63) is 65.2 Å². The summed E-state index contributed by atoms with van der Waals surface area (Å²) < 4.78 is 40.3. The molecule has 5 nitrogen and oxygen atoms in total. The molecule has 1 amide bonds. The lowest BCUT2D eigenvalue weighted by molar-refractivity contribution is -0.141. The second-order valence-corrected chi connectivity index (χ2v) is 7.72. The molecule has 0 aliphatic carbocycles. The number of hydrogen-bond acceptors (Lipinski definition) is 5. The number of carbonyl (C=O) groups excluding carboxylic acids is 1. The Bertz CT molecular complexity index is 993. The van der Waals surface area contributed by atoms with Crippen LogP contribution in [0, 0.1) is 0 Å². The number of likely N-dealkylation sites (tertiary alicyclic amines) is 1. The highest BCUT2D eigenvalue weighted by atomic mass is 32.1. The van der Waals surface area contributed by atoms with Crippen molar-refractivity contribution < 1.29 is 18.0 Å². The van der Waals surface area contributed by atoms with Crippen LogP contribution in [0.25, 0.3) is 10.6 Å². The van der Waals surface area contributed by atoms with E-state index >= 15 is 0 Å². The van der Waals surface area contributed by atoms with Crippen molar-refractivity contribution in [3.63, 3.8) is 0 Å². The topological polar surface area (TPSA) is 59.0 Å². The van der Waals surface area contributed by atoms with Gasteiger partial charge in [0.25, 0.3) is 5.91 Å². The van der Waals surface area contributed by atoms with E-state index in [2.05, 4.69) is 15.0 Å². The van der Waals surface area contributed by atoms with Gasteiger partial charge in [0.2, 0.25) is 0 Å². The van der Waals surface area contributed by atoms with Crippen LogP contribution in [0.1, 0.15) is 40.8 Å². The van der Waals surface area contributed by atoms with Crippen LogP contribution in [0.2, 0.25) is 0 Å². The van der Waals surface area contributed by atoms with Crippen LogP contribution in [0.5, 0.6) is 0 Å². The van der Waals surface area contributed by atoms with Gasteiger partial charge in [-0.15, -0.1) is 11.3 Å². The molecular formula is C20H17F3N4OS. The molecule has 0 radical (unpaired) electrons. The average molecular weight is 418 g/mol. The molecule has 1 atom stereocenters. The molecule has 0 spiro atoms. The second kappa shape index (κ2) is 7.90. The maximum Gasteiger partial charge on any atom is 0.433 e. The first kappa shape index (κ1) is 19.5. The van der Waals surface area contributed by atoms with Crippen molar-refractivity contribution in [2.24, 2.45) is 0 Å². The van der Waals surface area contributed by atoms with Crippen molar-refractivity contribution in [1.29, 1.82) is 0 Å². The summed E-state index contributed by atoms with van der Waals surface area (Å²) in [4.78, 5) is 27.3. The fraction of sp³-hybridized carbons (Fsp3) is 0.300. The van der Waals surface area contributed by atoms with Gasteiger partial charge in [-0.05, 0) is 42.5 Å². The zero-order valence-corrected chi connectivity index (χ0v) is 16.1. The van der Waals surface area contributed by atoms with Crippen LogP contribution in [0.3, 0.4) is 0 Å². The zero-order valence-electron chi connectivity index (χ0n) is 15.3. The van der Waals surface area contributed by atoms with Crippen LogP contribution in [0.15, 0.2) is 48.0 Å². The molecule has 0 bridgehead atoms. The monoisotopic (exact) mass is 418 g/mol. The predicted octanol–water partition coefficient (Wildman–Crippen LogP) is 4.64. The van der Waals surface area contributed by atoms with Gasteiger partial charge in [0, 0.05) is 25.2 Å². The summed E-state index contributed by atoms with van der Waals surface area (Å²) in [5.74, 6) is -0.472. The Labute approximate surface area is 169 Å². The Balaban J connectivity index is 1.65. The van der Waals surface area contributed by atoms with E-state index in [9.17, 15) is 18.0 Å². The highest BCUT2D eigenvalue weighted by molar-refractivity contribution is 7.13. The first-order chi connectivity index (χ1) is 13.9. The number of amides is 1. The van der Waals surface area contributed by atoms with Gasteiger partial charge in [0.1, 0.15) is 17.2 Å². The van der Waals surface area contributed by atoms with E-state index in [1.54, 1.807) is 40.6 Å². The lowest BCUT2D eigenvalue weighted by Gasteiger charge is -2.32. The van der Waals surface area contributed by atoms with Gasteiger partial charge in [0.15, 0.2) is 0 Å². The second-order valence-electron chi connectivity index (χ2n) is 6.78. The number of piperidine rings is 1. The van der Waals surface area contributed by atoms with Crippen LogP contribution in [-0.2, 0) is 6.18 Å². The number of aromatic nitrogens is 3. The van der Waals surface area contributed by atoms with Crippen LogP contribution in [0.4, 0.5) is 13.2 Å². The Kier molecular flexibility index (Phi) is 5.31. The fourth-order valence-electron chi connectivity index (χ4n) is 3.37. The maximum atomic E-state index is 13.4. The third kappa shape index (κ3) is 4.29. The van der Waals surface area contributed by atoms with Crippen LogP contribution < -0.4 is 0 Å². The molecule has 4 rings (SSSR count). The lowest BCUT2D eigenvalue weighted by Crippen LogP contribution is -2.40. The summed E-state index contributed by atoms with van der Waals surface area (Å²) in [5.41, 5.74) is -0.387. The summed E-state index contributed by atoms with van der Waals surface area (Å²) in [5, 5.41) is 1.79. The van der Waals surface area contributed by atoms with Gasteiger partial charge in [-0.2, -0.15) is 13.2 Å². The number of hydrogen-bond donors (Lipinski definition) is 0. The third-order valence-corrected chi connectivity index (χ3v) is 5.66. The Hall–Kier alpha value is -2.81. The molecule has 1 aliphatic heterocycles. The smallest absolute Gasteiger partial charge is 0.337 e. The van der Waals surface area contributed by atoms with Gasteiger partial charge in [-0.25, -0.2) is 9.97 Å². The highest BCUT2D eigenvalue weighted by Crippen LogP contribution is 2.34. The van der Waals surface area contributed by atoms with E-state index in [-0.39, 0.29) is 29.9 Å². The van der Waals surface area contributed by atoms with E-state index in [1.807, 2.05) is 0 Å². The number of halogens is 3. The summed E-state index contributed by atoms with van der Waals surface area (Å²) in [7, 11) is 0. The Morgan fingerprint density at radius 2 is 2.03 bits per heavy atom. The molecule has 9 heteroatoms. The summed E-state index contributed by atoms with van der Waals surface area (Å²) in [6.45, 7) is 0.795. The van der Waals surface area contributed by atoms with Gasteiger partial charge < -0.3 is 4.90 Å². The van der Waals surface area contributed by atoms with E-state index in [0.29, 0.717) is 30.0 Å². The molecule has 3 aromatic heterocycles. The molecule has 1 saturated heterocycles. The molecule has 3 aromatic rings. The van der Waals surface area contributed by atoms with Crippen molar-refractivity contribution in [3.8, 4) is 10.6 Å². The van der Waals surface area contributed by atoms with Crippen molar-refractivity contribution in [2.75, 3.05) is 13.1 Å². The number of rotatable bonds is 3. The van der Waals surface area contributed by atoms with Gasteiger partial charge in [-0.3, -0.25) is 9.78 Å². The number of thiophene rings is 1. The Morgan fingerprint density at radius 3 is 2.72 bits per heavy atom. The third-order valence-electron chi connectivity index (χ3n) is 4.77. The predicted molar refractivity (Wildman–Crippen MR) is 102 cm³/mol. The summed E-state index contributed by atoms with van der Waals surface area (Å²) in [6, 6.07) is 9.55. The first-order valence-corrected chi connectivity index (χ1v) is 10.00. The van der Waals surface area contributed by atoms with E-state index in [0.717, 1.165) is 6.07 Å². The molecule has 0 saturated carbocycles. The van der Waals surface area contributed by atoms with Crippen LogP contribution in [-0.4, -0.2) is 38.8 Å². The van der Waals surface area contributed by atoms with Crippen molar-refractivity contribution in [1.82, 2.24) is 19.9 Å². The Morgan fingerprint density at radius 1 is 1.17 bits per heavy atom. The number of alkyl halides is 3. The highest BCUT2D eigenvalue weighted by Gasteiger charge is 2.35. The number of pyridine rings is 1. The summed E-state index contributed by atoms with van der Waals surface area (Å²) in [6.07, 6.45) is -1.74. The number of nitrogens with zero attached hydrogens (tertiary/aromatic N) is 4. The zero-order chi connectivity index (χ0) is 20.4. The molecule has 1 aliphatic rings. The SMILES string of the molecule is O=C(c1ccccn1)N1CCC[C@H](c2nc(-c3cccs3)cc(C(F)(F)F)n2)C1. The average Bonchev–Trinajstić information content (AvgIpc) is 3.28. The lowest BCUT2D eigenvalue weighted by atomic mass is 9.96. The molecule has 29 heavy (non-hydrogen) atoms. The van der Waals surface area contributed by atoms with Gasteiger partial charge >= 0.3 is 6.18 Å². The summed E-state index contributed by atoms with van der Waals surface area (Å²) >= 11 is 1.32. The minimum absolute atomic E-state index is 0.127. The largest absolute Gasteiger partial charge is 0.433 e. The minimum atomic E-state index is -4.57. The van der Waals surface area contributed by atoms with Gasteiger partial charge in [-0.1, -0.05) is 12.1 Å². The fourth-order valence-corrected chi connectivity index (χ4v) is 4.05. The molecule has 150 valence electrons. The maximum absolute atomic E-state index is 13.4. The standard InChI is InChI=1S/C20H17F3N4OS/c21-20(22,23)17-11-15(16-7-4-10-29-16)25-18(26-17)13-5-3-9-27(12-13)19(28)14-6-1-2-8-24-14/h1-2,4,6-8,10-11,13H,3,5,9,12H2/t13-/m0/s1. The minimum Gasteiger partial charge on any atom is -0.337 e. The van der Waals surface area contributed by atoms with Crippen LogP contribution >= 0.6 is 11.3 Å². The van der Waals surface area contributed by atoms with Crippen molar-refractivity contribution >= 4 is 17.2 Å². The van der Waals surface area contributed by atoms with E-state index in [1.165, 1.54) is 17.5 Å². The normalized spacial score (nSPS) is 17.3. The quantitative estimate of drug-likeness (QED) is 0.622. The molecule has 1 fully saturated rings. The van der Waals surface area contributed by atoms with Gasteiger partial charge in [0.05, 0.1) is 10.6 Å². The first-order valence-electron chi connectivity index (χ1n) is 9.12. The molecule has 0 unspecified atom stereocenters. The molecule has 0 aromatic carbocycles. The molecule has 4 heterocycles. The van der Waals surface area contributed by atoms with E-state index < -0.39 is 11.9 Å². The molecular weight excluding hydrogens is 401 g/mol. The molecule has 0 N–H and O–H groups in total.